The van der Waals surface area contributed by atoms with E-state index in [1.165, 1.54) is 42.2 Å². The molecule has 1 saturated heterocycles. The van der Waals surface area contributed by atoms with Crippen molar-refractivity contribution in [1.82, 2.24) is 14.5 Å². The number of fused-ring (bicyclic) bond motifs is 3. The molecule has 3 heterocycles. The number of rotatable bonds is 5. The quantitative estimate of drug-likeness (QED) is 0.175. The number of thioether (sulfide) groups is 1. The van der Waals surface area contributed by atoms with Crippen molar-refractivity contribution in [2.24, 2.45) is 10.2 Å². The minimum absolute atomic E-state index is 0.0424. The number of anilines is 1. The van der Waals surface area contributed by atoms with Gasteiger partial charge in [0.15, 0.2) is 5.17 Å². The van der Waals surface area contributed by atoms with Crippen LogP contribution >= 0.6 is 11.8 Å². The Kier molecular flexibility index (Phi) is 6.70. The van der Waals surface area contributed by atoms with Crippen LogP contribution in [0.15, 0.2) is 83.3 Å². The summed E-state index contributed by atoms with van der Waals surface area (Å²) in [6.07, 6.45) is -1.61. The molecule has 0 atom stereocenters. The topological polar surface area (TPSA) is 85.0 Å². The summed E-state index contributed by atoms with van der Waals surface area (Å²) in [6.45, 7) is 3.92. The standard InChI is InChI=1S/C29H21F3N6O2S/c1-17-4-3-5-18(2)27(17)38-25(39)15-41-28(38)36-34-14-19-6-11-22-23(35-19)12-13-24-26(22)33-16-37(24)20-7-9-21(10-8-20)40-29(30,31)32/h3-14,16H,15H2,1-2H3/b34-14+,36-28?. The Morgan fingerprint density at radius 3 is 2.49 bits per heavy atom. The van der Waals surface area contributed by atoms with Gasteiger partial charge in [-0.3, -0.25) is 14.3 Å². The summed E-state index contributed by atoms with van der Waals surface area (Å²) in [7, 11) is 0. The lowest BCUT2D eigenvalue weighted by Crippen LogP contribution is -2.30. The summed E-state index contributed by atoms with van der Waals surface area (Å²) in [5, 5.41) is 9.86. The normalized spacial score (nSPS) is 15.2. The Labute approximate surface area is 236 Å². The maximum absolute atomic E-state index is 12.6. The van der Waals surface area contributed by atoms with Crippen LogP contribution in [0.4, 0.5) is 18.9 Å². The summed E-state index contributed by atoms with van der Waals surface area (Å²) in [5.74, 6) is -0.0419. The monoisotopic (exact) mass is 574 g/mol. The molecule has 0 saturated carbocycles. The van der Waals surface area contributed by atoms with E-state index in [0.29, 0.717) is 33.3 Å². The number of pyridine rings is 1. The molecule has 8 nitrogen and oxygen atoms in total. The summed E-state index contributed by atoms with van der Waals surface area (Å²) in [4.78, 5) is 23.4. The van der Waals surface area contributed by atoms with Crippen LogP contribution in [0, 0.1) is 13.8 Å². The average Bonchev–Trinajstić information content (AvgIpc) is 3.52. The van der Waals surface area contributed by atoms with Crippen molar-refractivity contribution in [2.45, 2.75) is 20.2 Å². The molecule has 0 radical (unpaired) electrons. The lowest BCUT2D eigenvalue weighted by molar-refractivity contribution is -0.274. The molecule has 2 aromatic heterocycles. The molecular formula is C29H21F3N6O2S. The van der Waals surface area contributed by atoms with E-state index < -0.39 is 6.36 Å². The van der Waals surface area contributed by atoms with E-state index in [1.807, 2.05) is 50.2 Å². The first kappa shape index (κ1) is 26.5. The fraction of sp³-hybridized carbons (Fsp3) is 0.138. The highest BCUT2D eigenvalue weighted by molar-refractivity contribution is 8.15. The van der Waals surface area contributed by atoms with E-state index in [4.69, 9.17) is 0 Å². The van der Waals surface area contributed by atoms with E-state index >= 15 is 0 Å². The van der Waals surface area contributed by atoms with Gasteiger partial charge in [0.1, 0.15) is 12.1 Å². The Hall–Kier alpha value is -4.71. The molecule has 1 aliphatic rings. The number of carbonyl (C=O) groups excluding carboxylic acids is 1. The molecule has 0 unspecified atom stereocenters. The van der Waals surface area contributed by atoms with E-state index in [1.54, 1.807) is 21.9 Å². The van der Waals surface area contributed by atoms with Crippen LogP contribution in [0.5, 0.6) is 5.75 Å². The molecule has 0 aliphatic carbocycles. The number of aromatic nitrogens is 3. The van der Waals surface area contributed by atoms with Crippen LogP contribution in [0.1, 0.15) is 16.8 Å². The van der Waals surface area contributed by atoms with Gasteiger partial charge in [-0.05, 0) is 73.5 Å². The second kappa shape index (κ2) is 10.4. The first-order valence-corrected chi connectivity index (χ1v) is 13.4. The van der Waals surface area contributed by atoms with Crippen LogP contribution in [0.3, 0.4) is 0 Å². The van der Waals surface area contributed by atoms with Gasteiger partial charge >= 0.3 is 6.36 Å². The zero-order valence-electron chi connectivity index (χ0n) is 21.8. The number of alkyl halides is 3. The Bertz CT molecular complexity index is 1840. The van der Waals surface area contributed by atoms with Gasteiger partial charge in [0.05, 0.1) is 39.9 Å². The van der Waals surface area contributed by atoms with Crippen molar-refractivity contribution in [2.75, 3.05) is 10.7 Å². The third-order valence-corrected chi connectivity index (χ3v) is 7.43. The number of amidine groups is 1. The lowest BCUT2D eigenvalue weighted by atomic mass is 10.1. The smallest absolute Gasteiger partial charge is 0.406 e. The van der Waals surface area contributed by atoms with Crippen molar-refractivity contribution in [3.63, 3.8) is 0 Å². The molecule has 0 N–H and O–H groups in total. The van der Waals surface area contributed by atoms with Gasteiger partial charge in [0.2, 0.25) is 5.91 Å². The van der Waals surface area contributed by atoms with Gasteiger partial charge in [-0.1, -0.05) is 30.0 Å². The van der Waals surface area contributed by atoms with Gasteiger partial charge in [-0.15, -0.1) is 18.3 Å². The Morgan fingerprint density at radius 1 is 1.00 bits per heavy atom. The van der Waals surface area contributed by atoms with Crippen molar-refractivity contribution < 1.29 is 22.7 Å². The average molecular weight is 575 g/mol. The number of carbonyl (C=O) groups is 1. The van der Waals surface area contributed by atoms with Crippen LogP contribution in [-0.2, 0) is 4.79 Å². The molecule has 41 heavy (non-hydrogen) atoms. The lowest BCUT2D eigenvalue weighted by Gasteiger charge is -2.20. The Morgan fingerprint density at radius 2 is 1.76 bits per heavy atom. The minimum Gasteiger partial charge on any atom is -0.406 e. The fourth-order valence-electron chi connectivity index (χ4n) is 4.74. The summed E-state index contributed by atoms with van der Waals surface area (Å²) in [6, 6.07) is 18.8. The second-order valence-corrected chi connectivity index (χ2v) is 10.2. The summed E-state index contributed by atoms with van der Waals surface area (Å²) in [5.41, 5.74) is 6.16. The molecule has 0 spiro atoms. The first-order chi connectivity index (χ1) is 19.7. The molecule has 0 bridgehead atoms. The number of hydrogen-bond acceptors (Lipinski definition) is 7. The molecular weight excluding hydrogens is 553 g/mol. The van der Waals surface area contributed by atoms with Crippen LogP contribution < -0.4 is 9.64 Å². The van der Waals surface area contributed by atoms with Gasteiger partial charge in [-0.25, -0.2) is 9.97 Å². The number of halogens is 3. The number of aryl methyl sites for hydroxylation is 2. The molecule has 12 heteroatoms. The maximum atomic E-state index is 12.6. The van der Waals surface area contributed by atoms with E-state index in [2.05, 4.69) is 24.9 Å². The maximum Gasteiger partial charge on any atom is 0.573 e. The SMILES string of the molecule is Cc1cccc(C)c1N1C(=O)CSC1=N/N=C/c1ccc2c(ccc3c2ncn3-c2ccc(OC(F)(F)F)cc2)n1. The summed E-state index contributed by atoms with van der Waals surface area (Å²) >= 11 is 1.34. The minimum atomic E-state index is -4.75. The number of hydrogen-bond donors (Lipinski definition) is 0. The number of ether oxygens (including phenoxy) is 1. The van der Waals surface area contributed by atoms with Gasteiger partial charge in [0, 0.05) is 11.1 Å². The number of para-hydroxylation sites is 1. The van der Waals surface area contributed by atoms with Crippen molar-refractivity contribution in [3.8, 4) is 11.4 Å². The molecule has 1 fully saturated rings. The second-order valence-electron chi connectivity index (χ2n) is 9.28. The number of benzene rings is 3. The van der Waals surface area contributed by atoms with Crippen molar-refractivity contribution >= 4 is 56.7 Å². The number of nitrogens with zero attached hydrogens (tertiary/aromatic N) is 6. The van der Waals surface area contributed by atoms with Crippen LogP contribution in [-0.4, -0.2) is 43.9 Å². The summed E-state index contributed by atoms with van der Waals surface area (Å²) < 4.78 is 43.2. The van der Waals surface area contributed by atoms with E-state index in [9.17, 15) is 18.0 Å². The number of amides is 1. The zero-order chi connectivity index (χ0) is 28.7. The molecule has 6 rings (SSSR count). The molecule has 1 amide bonds. The molecule has 3 aromatic carbocycles. The third-order valence-electron chi connectivity index (χ3n) is 6.52. The first-order valence-electron chi connectivity index (χ1n) is 12.4. The van der Waals surface area contributed by atoms with Crippen molar-refractivity contribution in [3.05, 3.63) is 89.9 Å². The number of imidazole rings is 1. The third kappa shape index (κ3) is 5.25. The predicted molar refractivity (Wildman–Crippen MR) is 154 cm³/mol. The van der Waals surface area contributed by atoms with Gasteiger partial charge < -0.3 is 4.74 Å². The molecule has 5 aromatic rings. The highest BCUT2D eigenvalue weighted by Gasteiger charge is 2.32. The van der Waals surface area contributed by atoms with E-state index in [-0.39, 0.29) is 11.7 Å². The van der Waals surface area contributed by atoms with Gasteiger partial charge in [0.25, 0.3) is 0 Å². The highest BCUT2D eigenvalue weighted by atomic mass is 32.2. The van der Waals surface area contributed by atoms with Crippen LogP contribution in [0.25, 0.3) is 27.6 Å². The predicted octanol–water partition coefficient (Wildman–Crippen LogP) is 6.56. The highest BCUT2D eigenvalue weighted by Crippen LogP contribution is 2.32. The van der Waals surface area contributed by atoms with Crippen molar-refractivity contribution in [1.29, 1.82) is 0 Å². The Balaban J connectivity index is 1.26. The van der Waals surface area contributed by atoms with E-state index in [0.717, 1.165) is 27.7 Å². The molecule has 206 valence electrons. The largest absolute Gasteiger partial charge is 0.573 e. The zero-order valence-corrected chi connectivity index (χ0v) is 22.6. The van der Waals surface area contributed by atoms with Crippen LogP contribution in [0.2, 0.25) is 0 Å². The van der Waals surface area contributed by atoms with Gasteiger partial charge in [-0.2, -0.15) is 5.10 Å². The molecule has 1 aliphatic heterocycles. The fourth-order valence-corrected chi connectivity index (χ4v) is 5.55.